The Balaban J connectivity index is 0.000000173. The lowest BCUT2D eigenvalue weighted by Crippen LogP contribution is -2.13. The maximum Gasteiger partial charge on any atom is 0.423 e. The molecular formula is C7H12N6O8S2. The molecule has 1 aromatic heterocycles. The summed E-state index contributed by atoms with van der Waals surface area (Å²) < 4.78 is 56.3. The largest absolute Gasteiger partial charge is 0.423 e. The molecule has 130 valence electrons. The van der Waals surface area contributed by atoms with Gasteiger partial charge in [0.15, 0.2) is 0 Å². The number of amidine groups is 1. The van der Waals surface area contributed by atoms with Gasteiger partial charge >= 0.3 is 26.3 Å². The van der Waals surface area contributed by atoms with Crippen LogP contribution >= 0.6 is 0 Å². The number of hydroxylamine groups is 1. The molecule has 23 heavy (non-hydrogen) atoms. The van der Waals surface area contributed by atoms with Crippen molar-refractivity contribution in [1.29, 1.82) is 0 Å². The average Bonchev–Trinajstić information content (AvgIpc) is 3.02. The van der Waals surface area contributed by atoms with Crippen LogP contribution in [0.3, 0.4) is 0 Å². The van der Waals surface area contributed by atoms with Crippen LogP contribution in [0.4, 0.5) is 0 Å². The zero-order chi connectivity index (χ0) is 17.7. The second-order valence-electron chi connectivity index (χ2n) is 3.69. The first-order valence-electron chi connectivity index (χ1n) is 5.53. The molecular weight excluding hydrogens is 360 g/mol. The van der Waals surface area contributed by atoms with E-state index in [2.05, 4.69) is 33.0 Å². The molecule has 3 N–H and O–H groups in total. The van der Waals surface area contributed by atoms with Gasteiger partial charge in [-0.05, 0) is 6.92 Å². The van der Waals surface area contributed by atoms with Gasteiger partial charge in [-0.1, -0.05) is 0 Å². The summed E-state index contributed by atoms with van der Waals surface area (Å²) in [5.41, 5.74) is 1.64. The van der Waals surface area contributed by atoms with E-state index in [0.717, 1.165) is 0 Å². The monoisotopic (exact) mass is 372 g/mol. The van der Waals surface area contributed by atoms with Gasteiger partial charge in [0, 0.05) is 13.8 Å². The van der Waals surface area contributed by atoms with Gasteiger partial charge in [-0.25, -0.2) is 10.3 Å². The Hall–Kier alpha value is -2.46. The Morgan fingerprint density at radius 2 is 1.74 bits per heavy atom. The first-order valence-corrected chi connectivity index (χ1v) is 8.30. The zero-order valence-corrected chi connectivity index (χ0v) is 13.6. The number of nitrogens with zero attached hydrogens (tertiary/aromatic N) is 3. The molecule has 2 aliphatic heterocycles. The Morgan fingerprint density at radius 1 is 1.09 bits per heavy atom. The van der Waals surface area contributed by atoms with Crippen LogP contribution < -0.4 is 16.0 Å². The van der Waals surface area contributed by atoms with Gasteiger partial charge in [-0.2, -0.15) is 31.8 Å². The first-order chi connectivity index (χ1) is 10.5. The summed E-state index contributed by atoms with van der Waals surface area (Å²) in [6.45, 7) is 4.53. The lowest BCUT2D eigenvalue weighted by molar-refractivity contribution is 0.281. The Kier molecular flexibility index (Phi) is 5.82. The van der Waals surface area contributed by atoms with Crippen molar-refractivity contribution in [2.75, 3.05) is 0 Å². The maximum absolute atomic E-state index is 10.2. The number of rotatable bonds is 0. The molecule has 0 saturated heterocycles. The number of hydrogen-bond acceptors (Lipinski definition) is 11. The summed E-state index contributed by atoms with van der Waals surface area (Å²) in [6, 6.07) is 0. The predicted molar refractivity (Wildman–Crippen MR) is 74.4 cm³/mol. The quantitative estimate of drug-likeness (QED) is 0.460. The second-order valence-corrected chi connectivity index (χ2v) is 6.15. The third kappa shape index (κ3) is 7.38. The maximum atomic E-state index is 10.2. The van der Waals surface area contributed by atoms with Crippen LogP contribution in [0.1, 0.15) is 19.7 Å². The van der Waals surface area contributed by atoms with Crippen LogP contribution in [0.2, 0.25) is 0 Å². The van der Waals surface area contributed by atoms with Gasteiger partial charge in [0.2, 0.25) is 11.8 Å². The number of nitrogens with one attached hydrogen (secondary N) is 3. The summed E-state index contributed by atoms with van der Waals surface area (Å²) in [5.74, 6) is 0.736. The van der Waals surface area contributed by atoms with Crippen LogP contribution in [0, 0.1) is 6.92 Å². The first kappa shape index (κ1) is 18.6. The van der Waals surface area contributed by atoms with Crippen LogP contribution in [0.15, 0.2) is 18.8 Å². The molecule has 0 bridgehead atoms. The molecule has 0 amide bonds. The van der Waals surface area contributed by atoms with E-state index in [0.29, 0.717) is 5.89 Å². The molecule has 0 saturated carbocycles. The molecule has 0 aromatic carbocycles. The number of hydrazone groups is 1. The number of aromatic amines is 1. The van der Waals surface area contributed by atoms with Crippen molar-refractivity contribution in [3.63, 3.8) is 0 Å². The predicted octanol–water partition coefficient (Wildman–Crippen LogP) is -1.96. The van der Waals surface area contributed by atoms with Crippen molar-refractivity contribution in [1.82, 2.24) is 20.5 Å². The van der Waals surface area contributed by atoms with Crippen molar-refractivity contribution >= 4 is 32.3 Å². The summed E-state index contributed by atoms with van der Waals surface area (Å²) in [7, 11) is -7.17. The minimum atomic E-state index is -3.62. The van der Waals surface area contributed by atoms with Crippen LogP contribution in [-0.2, 0) is 29.1 Å². The molecule has 0 aliphatic carbocycles. The van der Waals surface area contributed by atoms with Gasteiger partial charge in [0.1, 0.15) is 5.84 Å². The summed E-state index contributed by atoms with van der Waals surface area (Å²) in [6.07, 6.45) is 0. The van der Waals surface area contributed by atoms with Crippen molar-refractivity contribution in [2.45, 2.75) is 20.8 Å². The molecule has 14 nitrogen and oxygen atoms in total. The molecule has 3 rings (SSSR count). The van der Waals surface area contributed by atoms with Crippen molar-refractivity contribution in [3.05, 3.63) is 16.4 Å². The SMILES string of the molecule is CC1=NNS(=O)(=O)O1.CC1=NS(=O)(=O)ON1.Cc1nc(=O)[nH]o1. The van der Waals surface area contributed by atoms with Crippen LogP contribution in [0.5, 0.6) is 0 Å². The summed E-state index contributed by atoms with van der Waals surface area (Å²) >= 11 is 0. The number of aryl methyl sites for hydroxylation is 1. The van der Waals surface area contributed by atoms with E-state index in [9.17, 15) is 21.6 Å². The Labute approximate surface area is 130 Å². The van der Waals surface area contributed by atoms with E-state index in [-0.39, 0.29) is 11.7 Å². The molecule has 1 aromatic rings. The van der Waals surface area contributed by atoms with Crippen molar-refractivity contribution < 1.29 is 29.8 Å². The molecule has 0 fully saturated rings. The lowest BCUT2D eigenvalue weighted by Gasteiger charge is -1.88. The van der Waals surface area contributed by atoms with E-state index in [1.807, 2.05) is 5.16 Å². The molecule has 16 heteroatoms. The van der Waals surface area contributed by atoms with E-state index in [1.165, 1.54) is 13.8 Å². The average molecular weight is 372 g/mol. The third-order valence-electron chi connectivity index (χ3n) is 1.63. The molecule has 0 unspecified atom stereocenters. The highest BCUT2D eigenvalue weighted by molar-refractivity contribution is 7.85. The van der Waals surface area contributed by atoms with Crippen LogP contribution in [0.25, 0.3) is 0 Å². The van der Waals surface area contributed by atoms with Crippen LogP contribution in [-0.4, -0.2) is 38.7 Å². The normalized spacial score (nSPS) is 19.4. The molecule has 0 spiro atoms. The Morgan fingerprint density at radius 3 is 1.87 bits per heavy atom. The fraction of sp³-hybridized carbons (Fsp3) is 0.429. The highest BCUT2D eigenvalue weighted by Gasteiger charge is 2.17. The second kappa shape index (κ2) is 7.20. The number of H-pyrrole nitrogens is 1. The number of hydrogen-bond donors (Lipinski definition) is 3. The zero-order valence-electron chi connectivity index (χ0n) is 11.9. The summed E-state index contributed by atoms with van der Waals surface area (Å²) in [4.78, 5) is 15.1. The molecule has 0 radical (unpaired) electrons. The molecule has 0 atom stereocenters. The van der Waals surface area contributed by atoms with Crippen molar-refractivity contribution in [2.24, 2.45) is 9.50 Å². The minimum Gasteiger partial charge on any atom is -0.362 e. The van der Waals surface area contributed by atoms with E-state index in [4.69, 9.17) is 0 Å². The van der Waals surface area contributed by atoms with E-state index >= 15 is 0 Å². The standard InChI is InChI=1S/C3H4N2O2.2C2H4N2O3S/c1-2-4-3(6)5-7-2;1-2-3-4-8(5,6)7-2;1-2-3-7-8(5,6)4-2/h1H3,(H,5,6);4H,1H3;1H3,(H,3,4). The van der Waals surface area contributed by atoms with Gasteiger partial charge in [0.25, 0.3) is 0 Å². The minimum absolute atomic E-state index is 0.116. The van der Waals surface area contributed by atoms with Crippen molar-refractivity contribution in [3.8, 4) is 0 Å². The third-order valence-corrected chi connectivity index (χ3v) is 3.20. The summed E-state index contributed by atoms with van der Waals surface area (Å²) in [5, 5.41) is 5.27. The highest BCUT2D eigenvalue weighted by atomic mass is 32.2. The highest BCUT2D eigenvalue weighted by Crippen LogP contribution is 1.98. The van der Waals surface area contributed by atoms with E-state index in [1.54, 1.807) is 11.8 Å². The smallest absolute Gasteiger partial charge is 0.362 e. The van der Waals surface area contributed by atoms with Gasteiger partial charge in [0.05, 0.1) is 0 Å². The van der Waals surface area contributed by atoms with E-state index < -0.39 is 26.3 Å². The van der Waals surface area contributed by atoms with Gasteiger partial charge in [-0.15, -0.1) is 13.8 Å². The topological polar surface area (TPSA) is 194 Å². The number of aromatic nitrogens is 2. The lowest BCUT2D eigenvalue weighted by atomic mass is 10.7. The fourth-order valence-corrected chi connectivity index (χ4v) is 2.21. The fourth-order valence-electron chi connectivity index (χ4n) is 0.940. The molecule has 2 aliphatic rings. The molecule has 3 heterocycles. The van der Waals surface area contributed by atoms with Gasteiger partial charge < -0.3 is 8.71 Å². The van der Waals surface area contributed by atoms with Gasteiger partial charge in [-0.3, -0.25) is 0 Å². The Bertz CT molecular complexity index is 863.